The number of rotatable bonds is 4. The van der Waals surface area contributed by atoms with Crippen LogP contribution in [0.25, 0.3) is 0 Å². The molecular formula is C43H38N4O. The normalized spacial score (nSPS) is 20.2. The molecule has 0 bridgehead atoms. The van der Waals surface area contributed by atoms with Gasteiger partial charge in [0.1, 0.15) is 0 Å². The van der Waals surface area contributed by atoms with E-state index in [1.54, 1.807) is 0 Å². The van der Waals surface area contributed by atoms with Crippen LogP contribution in [0.3, 0.4) is 0 Å². The lowest BCUT2D eigenvalue weighted by atomic mass is 9.52. The van der Waals surface area contributed by atoms with Crippen LogP contribution in [-0.4, -0.2) is 23.6 Å². The van der Waals surface area contributed by atoms with Gasteiger partial charge in [-0.2, -0.15) is 0 Å². The van der Waals surface area contributed by atoms with Crippen molar-refractivity contribution in [3.63, 3.8) is 0 Å². The smallest absolute Gasteiger partial charge is 0.151 e. The van der Waals surface area contributed by atoms with Crippen molar-refractivity contribution < 1.29 is 4.74 Å². The minimum absolute atomic E-state index is 0.137. The summed E-state index contributed by atoms with van der Waals surface area (Å²) in [4.78, 5) is 12.0. The second-order valence-corrected chi connectivity index (χ2v) is 13.7. The third-order valence-corrected chi connectivity index (χ3v) is 10.5. The first-order chi connectivity index (χ1) is 23.5. The molecular weight excluding hydrogens is 589 g/mol. The lowest BCUT2D eigenvalue weighted by Crippen LogP contribution is -2.44. The van der Waals surface area contributed by atoms with Crippen molar-refractivity contribution in [2.45, 2.75) is 37.5 Å². The molecule has 0 saturated carbocycles. The largest absolute Gasteiger partial charge is 0.453 e. The van der Waals surface area contributed by atoms with Crippen molar-refractivity contribution in [1.82, 2.24) is 9.88 Å². The molecule has 0 N–H and O–H groups in total. The van der Waals surface area contributed by atoms with Gasteiger partial charge in [-0.25, -0.2) is 0 Å². The first-order valence-corrected chi connectivity index (χ1v) is 16.9. The van der Waals surface area contributed by atoms with Crippen molar-refractivity contribution in [3.8, 4) is 11.5 Å². The van der Waals surface area contributed by atoms with Crippen LogP contribution in [0.2, 0.25) is 0 Å². The lowest BCUT2D eigenvalue weighted by Gasteiger charge is -2.50. The van der Waals surface area contributed by atoms with E-state index in [9.17, 15) is 0 Å². The fourth-order valence-corrected chi connectivity index (χ4v) is 8.36. The number of allylic oxidation sites excluding steroid dienone is 4. The Hall–Kier alpha value is -5.55. The van der Waals surface area contributed by atoms with Gasteiger partial charge in [-0.1, -0.05) is 80.6 Å². The zero-order valence-corrected chi connectivity index (χ0v) is 27.6. The minimum Gasteiger partial charge on any atom is -0.453 e. The highest BCUT2D eigenvalue weighted by molar-refractivity contribution is 5.88. The molecule has 1 aromatic heterocycles. The van der Waals surface area contributed by atoms with Gasteiger partial charge in [-0.15, -0.1) is 0 Å². The Bertz CT molecular complexity index is 2160. The number of hydrogen-bond acceptors (Lipinski definition) is 5. The molecule has 2 aliphatic carbocycles. The van der Waals surface area contributed by atoms with Gasteiger partial charge in [0.15, 0.2) is 11.5 Å². The first-order valence-electron chi connectivity index (χ1n) is 16.9. The van der Waals surface area contributed by atoms with Gasteiger partial charge in [0.25, 0.3) is 0 Å². The Morgan fingerprint density at radius 2 is 1.42 bits per heavy atom. The molecule has 48 heavy (non-hydrogen) atoms. The molecule has 4 aliphatic rings. The average molecular weight is 627 g/mol. The van der Waals surface area contributed by atoms with Gasteiger partial charge in [-0.3, -0.25) is 4.98 Å². The topological polar surface area (TPSA) is 31.8 Å². The van der Waals surface area contributed by atoms with E-state index in [0.717, 1.165) is 59.5 Å². The van der Waals surface area contributed by atoms with Crippen molar-refractivity contribution in [2.75, 3.05) is 23.5 Å². The lowest BCUT2D eigenvalue weighted by molar-refractivity contribution is 0.475. The molecule has 236 valence electrons. The van der Waals surface area contributed by atoms with Crippen molar-refractivity contribution in [1.29, 1.82) is 0 Å². The van der Waals surface area contributed by atoms with Crippen LogP contribution >= 0.6 is 0 Å². The number of aromatic nitrogens is 1. The quantitative estimate of drug-likeness (QED) is 0.194. The first kappa shape index (κ1) is 28.7. The molecule has 0 spiro atoms. The Morgan fingerprint density at radius 1 is 0.667 bits per heavy atom. The van der Waals surface area contributed by atoms with E-state index in [0.29, 0.717) is 0 Å². The Morgan fingerprint density at radius 3 is 2.23 bits per heavy atom. The van der Waals surface area contributed by atoms with E-state index in [1.165, 1.54) is 27.8 Å². The highest BCUT2D eigenvalue weighted by atomic mass is 16.5. The van der Waals surface area contributed by atoms with Crippen LogP contribution in [0.4, 0.5) is 22.7 Å². The summed E-state index contributed by atoms with van der Waals surface area (Å²) in [6, 6.07) is 39.3. The highest BCUT2D eigenvalue weighted by Gasteiger charge is 2.52. The molecule has 5 heteroatoms. The summed E-state index contributed by atoms with van der Waals surface area (Å²) in [6.45, 7) is 5.56. The molecule has 0 radical (unpaired) electrons. The molecule has 3 heterocycles. The van der Waals surface area contributed by atoms with Gasteiger partial charge >= 0.3 is 0 Å². The second kappa shape index (κ2) is 10.7. The van der Waals surface area contributed by atoms with Crippen LogP contribution in [0.1, 0.15) is 49.1 Å². The van der Waals surface area contributed by atoms with E-state index >= 15 is 0 Å². The zero-order chi connectivity index (χ0) is 32.5. The number of hydrogen-bond donors (Lipinski definition) is 0. The maximum Gasteiger partial charge on any atom is 0.151 e. The van der Waals surface area contributed by atoms with Crippen LogP contribution in [0, 0.1) is 0 Å². The molecule has 5 nitrogen and oxygen atoms in total. The molecule has 5 aromatic rings. The fourth-order valence-electron chi connectivity index (χ4n) is 8.36. The fraction of sp³-hybridized carbons (Fsp3) is 0.186. The van der Waals surface area contributed by atoms with Gasteiger partial charge in [0.2, 0.25) is 0 Å². The van der Waals surface area contributed by atoms with Crippen molar-refractivity contribution in [3.05, 3.63) is 173 Å². The third kappa shape index (κ3) is 4.13. The highest BCUT2D eigenvalue weighted by Crippen LogP contribution is 2.60. The number of nitrogens with zero attached hydrogens (tertiary/aromatic N) is 4. The molecule has 9 rings (SSSR count). The summed E-state index contributed by atoms with van der Waals surface area (Å²) in [7, 11) is 2.10. The summed E-state index contributed by atoms with van der Waals surface area (Å²) in [6.07, 6.45) is 13.2. The summed E-state index contributed by atoms with van der Waals surface area (Å²) in [5.41, 5.74) is 11.1. The molecule has 1 atom stereocenters. The average Bonchev–Trinajstić information content (AvgIpc) is 3.58. The van der Waals surface area contributed by atoms with E-state index in [1.807, 2.05) is 18.3 Å². The SMILES string of the molecule is CN1C=CN(c2cccc(N3c4ccccc4Oc4ccc(C5(c6ccccn6)C6=CCCC=C6C(C)(C)c6ccccc65)cc43)c2)C1. The van der Waals surface area contributed by atoms with E-state index in [-0.39, 0.29) is 5.41 Å². The third-order valence-electron chi connectivity index (χ3n) is 10.5. The molecule has 0 amide bonds. The van der Waals surface area contributed by atoms with Gasteiger partial charge in [0, 0.05) is 42.4 Å². The predicted molar refractivity (Wildman–Crippen MR) is 194 cm³/mol. The Labute approximate surface area is 282 Å². The zero-order valence-electron chi connectivity index (χ0n) is 27.6. The summed E-state index contributed by atoms with van der Waals surface area (Å²) < 4.78 is 6.65. The summed E-state index contributed by atoms with van der Waals surface area (Å²) >= 11 is 0. The van der Waals surface area contributed by atoms with Crippen LogP contribution in [0.5, 0.6) is 11.5 Å². The van der Waals surface area contributed by atoms with E-state index in [2.05, 4.69) is 157 Å². The molecule has 1 unspecified atom stereocenters. The van der Waals surface area contributed by atoms with Crippen LogP contribution in [-0.2, 0) is 10.8 Å². The number of fused-ring (bicyclic) bond motifs is 4. The number of para-hydroxylation sites is 2. The number of ether oxygens (including phenoxy) is 1. The van der Waals surface area contributed by atoms with Crippen LogP contribution < -0.4 is 14.5 Å². The van der Waals surface area contributed by atoms with Crippen molar-refractivity contribution >= 4 is 22.7 Å². The molecule has 0 fully saturated rings. The maximum absolute atomic E-state index is 6.65. The van der Waals surface area contributed by atoms with Gasteiger partial charge < -0.3 is 19.4 Å². The number of anilines is 4. The molecule has 2 aliphatic heterocycles. The maximum atomic E-state index is 6.65. The number of pyridine rings is 1. The standard InChI is InChI=1S/C43H38N4O/c1-42(2)33-15-4-6-17-35(33)43(41-21-10-11-24-44-41,36-18-7-5-16-34(36)42)30-22-23-40-38(27-30)47(37-19-8-9-20-39(37)48-40)32-14-12-13-31(28-32)46-26-25-45(3)29-46/h4,6,8-28H,5,7,29H2,1-3H3. The second-order valence-electron chi connectivity index (χ2n) is 13.7. The van der Waals surface area contributed by atoms with Crippen LogP contribution in [0.15, 0.2) is 151 Å². The predicted octanol–water partition coefficient (Wildman–Crippen LogP) is 10.1. The molecule has 4 aromatic carbocycles. The summed E-state index contributed by atoms with van der Waals surface area (Å²) in [5, 5.41) is 0. The van der Waals surface area contributed by atoms with Crippen molar-refractivity contribution in [2.24, 2.45) is 0 Å². The van der Waals surface area contributed by atoms with E-state index < -0.39 is 5.41 Å². The summed E-state index contributed by atoms with van der Waals surface area (Å²) in [5.74, 6) is 1.67. The number of benzene rings is 4. The van der Waals surface area contributed by atoms with E-state index in [4.69, 9.17) is 9.72 Å². The Balaban J connectivity index is 1.31. The minimum atomic E-state index is -0.607. The van der Waals surface area contributed by atoms with Gasteiger partial charge in [0.05, 0.1) is 29.2 Å². The monoisotopic (exact) mass is 626 g/mol. The molecule has 0 saturated heterocycles. The van der Waals surface area contributed by atoms with Gasteiger partial charge in [-0.05, 0) is 95.3 Å². The Kier molecular flexibility index (Phi) is 6.41.